The number of nitrogens with zero attached hydrogens (tertiary/aromatic N) is 1. The number of hydrogen-bond acceptors (Lipinski definition) is 5. The van der Waals surface area contributed by atoms with Crippen LogP contribution in [-0.4, -0.2) is 52.5 Å². The maximum Gasteiger partial charge on any atom is 0.408 e. The molecule has 3 amide bonds. The second kappa shape index (κ2) is 12.9. The summed E-state index contributed by atoms with van der Waals surface area (Å²) in [6.07, 6.45) is 3.38. The highest BCUT2D eigenvalue weighted by Gasteiger charge is 2.44. The summed E-state index contributed by atoms with van der Waals surface area (Å²) in [4.78, 5) is 42.9. The lowest BCUT2D eigenvalue weighted by atomic mass is 9.95. The summed E-state index contributed by atoms with van der Waals surface area (Å²) in [6.45, 7) is 13.2. The first kappa shape index (κ1) is 30.5. The van der Waals surface area contributed by atoms with Crippen LogP contribution in [0.4, 0.5) is 10.5 Å². The second-order valence-electron chi connectivity index (χ2n) is 11.5. The Labute approximate surface area is 237 Å². The molecule has 212 valence electrons. The maximum atomic E-state index is 14.3. The first-order valence-electron chi connectivity index (χ1n) is 13.6. The van der Waals surface area contributed by atoms with E-state index < -0.39 is 23.8 Å². The molecule has 1 aliphatic carbocycles. The van der Waals surface area contributed by atoms with E-state index in [9.17, 15) is 14.4 Å². The van der Waals surface area contributed by atoms with Crippen LogP contribution < -0.4 is 10.6 Å². The van der Waals surface area contributed by atoms with Crippen LogP contribution in [-0.2, 0) is 14.3 Å². The minimum absolute atomic E-state index is 0.0802. The molecule has 0 radical (unpaired) electrons. The number of nitrogens with one attached hydrogen (secondary N) is 2. The molecule has 0 bridgehead atoms. The molecule has 1 aliphatic rings. The van der Waals surface area contributed by atoms with Crippen LogP contribution in [0.25, 0.3) is 0 Å². The Morgan fingerprint density at radius 3 is 2.23 bits per heavy atom. The standard InChI is InChI=1S/C31H43N3O4S/c1-19-12-13-20(2)24(18-19)27(28(35)33-26-21(3)10-9-11-22(26)4)34(23-14-15-23)29(36)25(16-17-39-8)32-30(37)38-31(5,6)7/h9-13,18,23,25,27H,14-17H2,1-8H3,(H,32,37)(H,33,35). The van der Waals surface area contributed by atoms with Crippen LogP contribution >= 0.6 is 11.8 Å². The third-order valence-electron chi connectivity index (χ3n) is 6.78. The molecule has 2 aromatic carbocycles. The lowest BCUT2D eigenvalue weighted by Gasteiger charge is -2.35. The second-order valence-corrected chi connectivity index (χ2v) is 12.5. The molecule has 0 saturated heterocycles. The Hall–Kier alpha value is -3.00. The molecule has 2 aromatic rings. The van der Waals surface area contributed by atoms with Gasteiger partial charge in [-0.3, -0.25) is 9.59 Å². The third-order valence-corrected chi connectivity index (χ3v) is 7.42. The number of rotatable bonds is 10. The molecule has 0 aliphatic heterocycles. The maximum absolute atomic E-state index is 14.3. The van der Waals surface area contributed by atoms with Crippen molar-refractivity contribution in [2.45, 2.75) is 91.5 Å². The van der Waals surface area contributed by atoms with Crippen LogP contribution in [0, 0.1) is 27.7 Å². The number of amides is 3. The van der Waals surface area contributed by atoms with Gasteiger partial charge >= 0.3 is 6.09 Å². The van der Waals surface area contributed by atoms with E-state index in [1.165, 1.54) is 0 Å². The zero-order chi connectivity index (χ0) is 28.9. The van der Waals surface area contributed by atoms with Gasteiger partial charge in [-0.05, 0) is 102 Å². The Kier molecular flexibility index (Phi) is 10.1. The van der Waals surface area contributed by atoms with Gasteiger partial charge < -0.3 is 20.3 Å². The Balaban J connectivity index is 2.05. The average Bonchev–Trinajstić information content (AvgIpc) is 3.67. The van der Waals surface area contributed by atoms with Crippen LogP contribution in [0.3, 0.4) is 0 Å². The molecule has 0 heterocycles. The molecular weight excluding hydrogens is 510 g/mol. The number of anilines is 1. The number of para-hydroxylation sites is 1. The topological polar surface area (TPSA) is 87.7 Å². The summed E-state index contributed by atoms with van der Waals surface area (Å²) in [5.74, 6) is 0.148. The van der Waals surface area contributed by atoms with Gasteiger partial charge in [-0.2, -0.15) is 11.8 Å². The van der Waals surface area contributed by atoms with Crippen molar-refractivity contribution in [1.82, 2.24) is 10.2 Å². The van der Waals surface area contributed by atoms with E-state index in [2.05, 4.69) is 10.6 Å². The molecule has 7 nitrogen and oxygen atoms in total. The normalized spacial score (nSPS) is 14.8. The van der Waals surface area contributed by atoms with E-state index in [4.69, 9.17) is 4.74 Å². The summed E-state index contributed by atoms with van der Waals surface area (Å²) in [5, 5.41) is 5.96. The SMILES string of the molecule is CSCCC(NC(=O)OC(C)(C)C)C(=O)N(C1CC1)C(C(=O)Nc1c(C)cccc1C)c1cc(C)ccc1C. The van der Waals surface area contributed by atoms with Gasteiger partial charge in [0.05, 0.1) is 0 Å². The van der Waals surface area contributed by atoms with Crippen molar-refractivity contribution in [2.24, 2.45) is 0 Å². The van der Waals surface area contributed by atoms with Crippen molar-refractivity contribution in [3.05, 3.63) is 64.2 Å². The van der Waals surface area contributed by atoms with E-state index in [0.29, 0.717) is 12.2 Å². The highest BCUT2D eigenvalue weighted by atomic mass is 32.2. The van der Waals surface area contributed by atoms with E-state index >= 15 is 0 Å². The van der Waals surface area contributed by atoms with Crippen LogP contribution in [0.15, 0.2) is 36.4 Å². The summed E-state index contributed by atoms with van der Waals surface area (Å²) >= 11 is 1.60. The van der Waals surface area contributed by atoms with Gasteiger partial charge in [0.15, 0.2) is 0 Å². The average molecular weight is 554 g/mol. The molecular formula is C31H43N3O4S. The van der Waals surface area contributed by atoms with Crippen molar-refractivity contribution in [3.8, 4) is 0 Å². The lowest BCUT2D eigenvalue weighted by molar-refractivity contribution is -0.141. The van der Waals surface area contributed by atoms with Crippen molar-refractivity contribution in [1.29, 1.82) is 0 Å². The van der Waals surface area contributed by atoms with E-state index in [1.54, 1.807) is 37.4 Å². The lowest BCUT2D eigenvalue weighted by Crippen LogP contribution is -2.53. The van der Waals surface area contributed by atoms with Gasteiger partial charge in [-0.25, -0.2) is 4.79 Å². The van der Waals surface area contributed by atoms with Crippen LogP contribution in [0.2, 0.25) is 0 Å². The fourth-order valence-electron chi connectivity index (χ4n) is 4.67. The fourth-order valence-corrected chi connectivity index (χ4v) is 5.14. The number of thioether (sulfide) groups is 1. The minimum Gasteiger partial charge on any atom is -0.444 e. The van der Waals surface area contributed by atoms with Crippen molar-refractivity contribution < 1.29 is 19.1 Å². The number of ether oxygens (including phenoxy) is 1. The van der Waals surface area contributed by atoms with Gasteiger partial charge in [0.1, 0.15) is 17.7 Å². The molecule has 0 aromatic heterocycles. The summed E-state index contributed by atoms with van der Waals surface area (Å²) in [6, 6.07) is 10.1. The molecule has 8 heteroatoms. The van der Waals surface area contributed by atoms with E-state index in [-0.39, 0.29) is 17.9 Å². The van der Waals surface area contributed by atoms with Crippen molar-refractivity contribution in [2.75, 3.05) is 17.3 Å². The van der Waals surface area contributed by atoms with E-state index in [1.807, 2.05) is 70.3 Å². The number of hydrogen-bond donors (Lipinski definition) is 2. The van der Waals surface area contributed by atoms with E-state index in [0.717, 1.165) is 46.3 Å². The molecule has 3 rings (SSSR count). The Bertz CT molecular complexity index is 1180. The molecule has 2 atom stereocenters. The number of aryl methyl sites for hydroxylation is 4. The zero-order valence-electron chi connectivity index (χ0n) is 24.5. The molecule has 1 saturated carbocycles. The first-order valence-corrected chi connectivity index (χ1v) is 15.0. The van der Waals surface area contributed by atoms with Crippen LogP contribution in [0.1, 0.15) is 73.9 Å². The first-order chi connectivity index (χ1) is 18.3. The Morgan fingerprint density at radius 1 is 1.03 bits per heavy atom. The van der Waals surface area contributed by atoms with Crippen LogP contribution in [0.5, 0.6) is 0 Å². The largest absolute Gasteiger partial charge is 0.444 e. The fraction of sp³-hybridized carbons (Fsp3) is 0.516. The number of benzene rings is 2. The van der Waals surface area contributed by atoms with Gasteiger partial charge in [0, 0.05) is 11.7 Å². The third kappa shape index (κ3) is 8.24. The van der Waals surface area contributed by atoms with Crippen molar-refractivity contribution in [3.63, 3.8) is 0 Å². The highest BCUT2D eigenvalue weighted by Crippen LogP contribution is 2.38. The smallest absolute Gasteiger partial charge is 0.408 e. The summed E-state index contributed by atoms with van der Waals surface area (Å²) in [5.41, 5.74) is 4.70. The predicted molar refractivity (Wildman–Crippen MR) is 159 cm³/mol. The number of alkyl carbamates (subject to hydrolysis) is 1. The number of carbonyl (C=O) groups is 3. The zero-order valence-corrected chi connectivity index (χ0v) is 25.3. The molecule has 1 fully saturated rings. The predicted octanol–water partition coefficient (Wildman–Crippen LogP) is 6.24. The highest BCUT2D eigenvalue weighted by molar-refractivity contribution is 7.98. The molecule has 2 unspecified atom stereocenters. The Morgan fingerprint density at radius 2 is 1.67 bits per heavy atom. The van der Waals surface area contributed by atoms with Crippen molar-refractivity contribution >= 4 is 35.4 Å². The molecule has 39 heavy (non-hydrogen) atoms. The molecule has 0 spiro atoms. The van der Waals surface area contributed by atoms with Gasteiger partial charge in [-0.15, -0.1) is 0 Å². The summed E-state index contributed by atoms with van der Waals surface area (Å²) < 4.78 is 5.48. The van der Waals surface area contributed by atoms with Gasteiger partial charge in [-0.1, -0.05) is 42.0 Å². The van der Waals surface area contributed by atoms with Gasteiger partial charge in [0.25, 0.3) is 5.91 Å². The quantitative estimate of drug-likeness (QED) is 0.364. The molecule has 2 N–H and O–H groups in total. The summed E-state index contributed by atoms with van der Waals surface area (Å²) in [7, 11) is 0. The number of carbonyl (C=O) groups excluding carboxylic acids is 3. The minimum atomic E-state index is -0.846. The van der Waals surface area contributed by atoms with Gasteiger partial charge in [0.2, 0.25) is 5.91 Å². The monoisotopic (exact) mass is 553 g/mol.